The first kappa shape index (κ1) is 23.4. The van der Waals surface area contributed by atoms with Crippen LogP contribution in [0.1, 0.15) is 18.4 Å². The molecule has 2 aromatic carbocycles. The number of carbonyl (C=O) groups excluding carboxylic acids is 1. The molecule has 1 heterocycles. The number of alkyl halides is 3. The van der Waals surface area contributed by atoms with Crippen LogP contribution < -0.4 is 10.1 Å². The van der Waals surface area contributed by atoms with Crippen LogP contribution in [0.25, 0.3) is 0 Å². The maximum atomic E-state index is 13.1. The number of hydrogen-bond acceptors (Lipinski definition) is 4. The molecular formula is C20H20ClF3N2O4S. The Balaban J connectivity index is 1.68. The lowest BCUT2D eigenvalue weighted by Gasteiger charge is -2.30. The molecule has 0 bridgehead atoms. The monoisotopic (exact) mass is 476 g/mol. The zero-order valence-corrected chi connectivity index (χ0v) is 18.0. The number of sulfonamides is 1. The predicted molar refractivity (Wildman–Crippen MR) is 110 cm³/mol. The highest BCUT2D eigenvalue weighted by molar-refractivity contribution is 7.89. The second-order valence-corrected chi connectivity index (χ2v) is 9.38. The molecule has 3 rings (SSSR count). The topological polar surface area (TPSA) is 75.7 Å². The number of rotatable bonds is 5. The summed E-state index contributed by atoms with van der Waals surface area (Å²) < 4.78 is 71.1. The molecule has 0 spiro atoms. The lowest BCUT2D eigenvalue weighted by Crippen LogP contribution is -2.41. The zero-order valence-electron chi connectivity index (χ0n) is 16.4. The van der Waals surface area contributed by atoms with Crippen molar-refractivity contribution in [2.24, 2.45) is 5.92 Å². The summed E-state index contributed by atoms with van der Waals surface area (Å²) in [4.78, 5) is 12.0. The van der Waals surface area contributed by atoms with Crippen molar-refractivity contribution in [1.29, 1.82) is 0 Å². The van der Waals surface area contributed by atoms with E-state index in [0.717, 1.165) is 16.4 Å². The first-order chi connectivity index (χ1) is 14.5. The van der Waals surface area contributed by atoms with E-state index < -0.39 is 37.6 Å². The highest BCUT2D eigenvalue weighted by Crippen LogP contribution is 2.37. The van der Waals surface area contributed by atoms with Crippen LogP contribution in [0, 0.1) is 5.92 Å². The van der Waals surface area contributed by atoms with Crippen molar-refractivity contribution in [2.75, 3.05) is 25.5 Å². The van der Waals surface area contributed by atoms with Gasteiger partial charge in [-0.15, -0.1) is 0 Å². The van der Waals surface area contributed by atoms with Gasteiger partial charge in [-0.2, -0.15) is 17.5 Å². The van der Waals surface area contributed by atoms with E-state index in [2.05, 4.69) is 5.32 Å². The second kappa shape index (κ2) is 9.05. The maximum Gasteiger partial charge on any atom is 0.417 e. The first-order valence-corrected chi connectivity index (χ1v) is 11.2. The number of methoxy groups -OCH3 is 1. The number of anilines is 1. The van der Waals surface area contributed by atoms with Gasteiger partial charge < -0.3 is 10.1 Å². The van der Waals surface area contributed by atoms with Gasteiger partial charge in [0.2, 0.25) is 15.9 Å². The van der Waals surface area contributed by atoms with Crippen molar-refractivity contribution in [3.05, 3.63) is 53.1 Å². The molecular weight excluding hydrogens is 457 g/mol. The molecule has 0 atom stereocenters. The van der Waals surface area contributed by atoms with E-state index in [0.29, 0.717) is 17.5 Å². The maximum absolute atomic E-state index is 13.1. The van der Waals surface area contributed by atoms with Gasteiger partial charge in [0.25, 0.3) is 0 Å². The van der Waals surface area contributed by atoms with Gasteiger partial charge in [0, 0.05) is 30.8 Å². The summed E-state index contributed by atoms with van der Waals surface area (Å²) in [5, 5.41) is 2.21. The van der Waals surface area contributed by atoms with Crippen LogP contribution in [0.4, 0.5) is 18.9 Å². The third-order valence-corrected chi connectivity index (χ3v) is 7.27. The van der Waals surface area contributed by atoms with Crippen molar-refractivity contribution in [1.82, 2.24) is 4.31 Å². The number of hydrogen-bond donors (Lipinski definition) is 1. The zero-order chi connectivity index (χ0) is 22.8. The lowest BCUT2D eigenvalue weighted by molar-refractivity contribution is -0.137. The summed E-state index contributed by atoms with van der Waals surface area (Å²) >= 11 is 5.58. The Morgan fingerprint density at radius 1 is 1.16 bits per heavy atom. The average Bonchev–Trinajstić information content (AvgIpc) is 2.73. The molecule has 0 aliphatic carbocycles. The standard InChI is InChI=1S/C20H20ClF3N2O4S/c1-30-15-4-2-3-14(11-15)25-19(27)13-7-9-26(10-8-13)31(28,29)16-5-6-18(21)17(12-16)20(22,23)24/h2-6,11-13H,7-10H2,1H3,(H,25,27). The van der Waals surface area contributed by atoms with Crippen molar-refractivity contribution >= 4 is 33.2 Å². The van der Waals surface area contributed by atoms with E-state index in [9.17, 15) is 26.4 Å². The van der Waals surface area contributed by atoms with E-state index >= 15 is 0 Å². The molecule has 1 saturated heterocycles. The van der Waals surface area contributed by atoms with Crippen LogP contribution in [0.15, 0.2) is 47.4 Å². The van der Waals surface area contributed by atoms with E-state index in [-0.39, 0.29) is 31.8 Å². The molecule has 168 valence electrons. The Kier molecular flexibility index (Phi) is 6.82. The van der Waals surface area contributed by atoms with Gasteiger partial charge in [-0.3, -0.25) is 4.79 Å². The smallest absolute Gasteiger partial charge is 0.417 e. The van der Waals surface area contributed by atoms with Crippen LogP contribution in [-0.2, 0) is 21.0 Å². The largest absolute Gasteiger partial charge is 0.497 e. The van der Waals surface area contributed by atoms with Crippen LogP contribution >= 0.6 is 11.6 Å². The van der Waals surface area contributed by atoms with E-state index in [1.165, 1.54) is 7.11 Å². The minimum absolute atomic E-state index is 0.0164. The van der Waals surface area contributed by atoms with Gasteiger partial charge in [0.05, 0.1) is 22.6 Å². The molecule has 11 heteroatoms. The Morgan fingerprint density at radius 3 is 2.45 bits per heavy atom. The summed E-state index contributed by atoms with van der Waals surface area (Å²) in [6.45, 7) is 0.0328. The molecule has 1 aliphatic rings. The van der Waals surface area contributed by atoms with Gasteiger partial charge in [-0.05, 0) is 43.2 Å². The molecule has 6 nitrogen and oxygen atoms in total. The van der Waals surface area contributed by atoms with Crippen LogP contribution in [-0.4, -0.2) is 38.8 Å². The van der Waals surface area contributed by atoms with Gasteiger partial charge in [-0.25, -0.2) is 8.42 Å². The Morgan fingerprint density at radius 2 is 1.84 bits per heavy atom. The van der Waals surface area contributed by atoms with Crippen LogP contribution in [0.2, 0.25) is 5.02 Å². The second-order valence-electron chi connectivity index (χ2n) is 7.04. The van der Waals surface area contributed by atoms with Gasteiger partial charge >= 0.3 is 6.18 Å². The number of piperidine rings is 1. The van der Waals surface area contributed by atoms with Gasteiger partial charge in [0.1, 0.15) is 5.75 Å². The molecule has 1 fully saturated rings. The van der Waals surface area contributed by atoms with E-state index in [1.807, 2.05) is 0 Å². The molecule has 2 aromatic rings. The van der Waals surface area contributed by atoms with Crippen molar-refractivity contribution < 1.29 is 31.1 Å². The lowest BCUT2D eigenvalue weighted by atomic mass is 9.97. The number of benzene rings is 2. The predicted octanol–water partition coefficient (Wildman–Crippen LogP) is 4.41. The number of carbonyl (C=O) groups is 1. The Hall–Kier alpha value is -2.30. The third kappa shape index (κ3) is 5.31. The average molecular weight is 477 g/mol. The van der Waals surface area contributed by atoms with Crippen LogP contribution in [0.3, 0.4) is 0 Å². The fourth-order valence-corrected chi connectivity index (χ4v) is 5.06. The van der Waals surface area contributed by atoms with Crippen molar-refractivity contribution in [2.45, 2.75) is 23.9 Å². The number of ether oxygens (including phenoxy) is 1. The van der Waals surface area contributed by atoms with Gasteiger partial charge in [0.15, 0.2) is 0 Å². The molecule has 0 saturated carbocycles. The van der Waals surface area contributed by atoms with E-state index in [4.69, 9.17) is 16.3 Å². The highest BCUT2D eigenvalue weighted by Gasteiger charge is 2.37. The van der Waals surface area contributed by atoms with Crippen molar-refractivity contribution in [3.8, 4) is 5.75 Å². The highest BCUT2D eigenvalue weighted by atomic mass is 35.5. The number of halogens is 4. The normalized spacial score (nSPS) is 16.2. The first-order valence-electron chi connectivity index (χ1n) is 9.34. The summed E-state index contributed by atoms with van der Waals surface area (Å²) in [7, 11) is -2.64. The molecule has 0 aromatic heterocycles. The fraction of sp³-hybridized carbons (Fsp3) is 0.350. The molecule has 0 unspecified atom stereocenters. The summed E-state index contributed by atoms with van der Waals surface area (Å²) in [5.41, 5.74) is -0.650. The Labute approximate surface area is 183 Å². The number of amides is 1. The minimum Gasteiger partial charge on any atom is -0.497 e. The molecule has 0 radical (unpaired) electrons. The summed E-state index contributed by atoms with van der Waals surface area (Å²) in [6.07, 6.45) is -4.28. The van der Waals surface area contributed by atoms with Crippen LogP contribution in [0.5, 0.6) is 5.75 Å². The van der Waals surface area contributed by atoms with E-state index in [1.54, 1.807) is 24.3 Å². The van der Waals surface area contributed by atoms with Crippen molar-refractivity contribution in [3.63, 3.8) is 0 Å². The molecule has 1 N–H and O–H groups in total. The summed E-state index contributed by atoms with van der Waals surface area (Å²) in [6, 6.07) is 9.35. The molecule has 1 aliphatic heterocycles. The SMILES string of the molecule is COc1cccc(NC(=O)C2CCN(S(=O)(=O)c3ccc(Cl)c(C(F)(F)F)c3)CC2)c1. The third-order valence-electron chi connectivity index (χ3n) is 5.04. The van der Waals surface area contributed by atoms with Gasteiger partial charge in [-0.1, -0.05) is 17.7 Å². The quantitative estimate of drug-likeness (QED) is 0.693. The number of nitrogens with one attached hydrogen (secondary N) is 1. The number of nitrogens with zero attached hydrogens (tertiary/aromatic N) is 1. The molecule has 31 heavy (non-hydrogen) atoms. The summed E-state index contributed by atoms with van der Waals surface area (Å²) in [5.74, 6) is -0.0929. The fourth-order valence-electron chi connectivity index (χ4n) is 3.33. The minimum atomic E-state index is -4.77. The Bertz CT molecular complexity index is 1070. The molecule has 1 amide bonds.